The van der Waals surface area contributed by atoms with Crippen molar-refractivity contribution in [2.75, 3.05) is 14.2 Å². The maximum atomic E-state index is 12.5. The van der Waals surface area contributed by atoms with Crippen molar-refractivity contribution in [2.24, 2.45) is 0 Å². The smallest absolute Gasteiger partial charge is 0.332 e. The van der Waals surface area contributed by atoms with Crippen LogP contribution in [0, 0.1) is 0 Å². The number of esters is 2. The summed E-state index contributed by atoms with van der Waals surface area (Å²) in [5, 5.41) is 0. The van der Waals surface area contributed by atoms with E-state index in [0.717, 1.165) is 11.1 Å². The average Bonchev–Trinajstić information content (AvgIpc) is 2.85. The van der Waals surface area contributed by atoms with Crippen LogP contribution in [0.25, 0.3) is 11.1 Å². The Kier molecular flexibility index (Phi) is 3.01. The van der Waals surface area contributed by atoms with E-state index in [2.05, 4.69) is 0 Å². The van der Waals surface area contributed by atoms with Gasteiger partial charge in [0.25, 0.3) is 0 Å². The molecule has 0 atom stereocenters. The number of carbonyl (C=O) groups is 2. The average molecular weight is 282 g/mol. The first kappa shape index (κ1) is 13.4. The molecule has 0 saturated heterocycles. The number of carbonyl (C=O) groups excluding carboxylic acids is 2. The Balaban J connectivity index is 2.44. The van der Waals surface area contributed by atoms with Crippen molar-refractivity contribution in [3.8, 4) is 11.1 Å². The van der Waals surface area contributed by atoms with E-state index < -0.39 is 17.4 Å². The van der Waals surface area contributed by atoms with Crippen molar-refractivity contribution in [1.29, 1.82) is 0 Å². The van der Waals surface area contributed by atoms with Gasteiger partial charge in [0.1, 0.15) is 0 Å². The molecule has 0 aliphatic heterocycles. The Hall–Kier alpha value is -2.62. The third kappa shape index (κ3) is 1.56. The number of fused-ring (bicyclic) bond motifs is 3. The molecule has 0 radical (unpaired) electrons. The summed E-state index contributed by atoms with van der Waals surface area (Å²) < 4.78 is 9.87. The fourth-order valence-corrected chi connectivity index (χ4v) is 3.06. The zero-order chi connectivity index (χ0) is 15.0. The standard InChI is InChI=1S/C17H14O4/c1-20-15(18)17(16(19)21-2)13-9-5-3-7-11(13)12-8-4-6-10-14(12)17/h3-10H,1-2H3. The van der Waals surface area contributed by atoms with Crippen LogP contribution in [0.3, 0.4) is 0 Å². The van der Waals surface area contributed by atoms with E-state index in [4.69, 9.17) is 9.47 Å². The van der Waals surface area contributed by atoms with Gasteiger partial charge >= 0.3 is 11.9 Å². The van der Waals surface area contributed by atoms with E-state index in [-0.39, 0.29) is 0 Å². The van der Waals surface area contributed by atoms with Crippen molar-refractivity contribution in [2.45, 2.75) is 5.41 Å². The van der Waals surface area contributed by atoms with Gasteiger partial charge in [0, 0.05) is 0 Å². The van der Waals surface area contributed by atoms with Crippen LogP contribution < -0.4 is 0 Å². The maximum Gasteiger partial charge on any atom is 0.332 e. The van der Waals surface area contributed by atoms with Crippen molar-refractivity contribution in [1.82, 2.24) is 0 Å². The highest BCUT2D eigenvalue weighted by Crippen LogP contribution is 2.50. The van der Waals surface area contributed by atoms with Crippen LogP contribution in [0.2, 0.25) is 0 Å². The lowest BCUT2D eigenvalue weighted by molar-refractivity contribution is -0.159. The van der Waals surface area contributed by atoms with Crippen LogP contribution in [0.4, 0.5) is 0 Å². The monoisotopic (exact) mass is 282 g/mol. The molecule has 0 heterocycles. The van der Waals surface area contributed by atoms with E-state index in [9.17, 15) is 9.59 Å². The number of hydrogen-bond acceptors (Lipinski definition) is 4. The van der Waals surface area contributed by atoms with E-state index in [1.165, 1.54) is 14.2 Å². The molecule has 0 fully saturated rings. The second-order valence-electron chi connectivity index (χ2n) is 4.82. The van der Waals surface area contributed by atoms with E-state index in [1.54, 1.807) is 24.3 Å². The van der Waals surface area contributed by atoms with Gasteiger partial charge in [-0.25, -0.2) is 0 Å². The predicted molar refractivity (Wildman–Crippen MR) is 76.7 cm³/mol. The second kappa shape index (κ2) is 4.74. The number of methoxy groups -OCH3 is 2. The highest BCUT2D eigenvalue weighted by molar-refractivity contribution is 6.15. The molecule has 0 bridgehead atoms. The van der Waals surface area contributed by atoms with Crippen molar-refractivity contribution < 1.29 is 19.1 Å². The predicted octanol–water partition coefficient (Wildman–Crippen LogP) is 2.30. The number of rotatable bonds is 2. The lowest BCUT2D eigenvalue weighted by atomic mass is 9.78. The molecule has 1 aliphatic rings. The number of ether oxygens (including phenoxy) is 2. The van der Waals surface area contributed by atoms with E-state index in [0.29, 0.717) is 11.1 Å². The summed E-state index contributed by atoms with van der Waals surface area (Å²) in [7, 11) is 2.55. The lowest BCUT2D eigenvalue weighted by Gasteiger charge is -2.25. The van der Waals surface area contributed by atoms with Crippen molar-refractivity contribution >= 4 is 11.9 Å². The second-order valence-corrected chi connectivity index (χ2v) is 4.82. The highest BCUT2D eigenvalue weighted by atomic mass is 16.5. The van der Waals surface area contributed by atoms with Gasteiger partial charge in [-0.15, -0.1) is 0 Å². The number of hydrogen-bond donors (Lipinski definition) is 0. The molecule has 4 heteroatoms. The summed E-state index contributed by atoms with van der Waals surface area (Å²) in [5.41, 5.74) is 1.36. The van der Waals surface area contributed by atoms with Gasteiger partial charge in [0.15, 0.2) is 0 Å². The fraction of sp³-hybridized carbons (Fsp3) is 0.176. The summed E-state index contributed by atoms with van der Waals surface area (Å²) >= 11 is 0. The fourth-order valence-electron chi connectivity index (χ4n) is 3.06. The van der Waals surface area contributed by atoms with E-state index >= 15 is 0 Å². The van der Waals surface area contributed by atoms with Gasteiger partial charge < -0.3 is 9.47 Å². The molecule has 21 heavy (non-hydrogen) atoms. The van der Waals surface area contributed by atoms with Gasteiger partial charge in [-0.2, -0.15) is 0 Å². The molecule has 0 amide bonds. The lowest BCUT2D eigenvalue weighted by Crippen LogP contribution is -2.45. The molecule has 0 aromatic heterocycles. The molecular weight excluding hydrogens is 268 g/mol. The molecule has 106 valence electrons. The molecule has 0 spiro atoms. The summed E-state index contributed by atoms with van der Waals surface area (Å²) in [6.45, 7) is 0. The minimum absolute atomic E-state index is 0.602. The summed E-state index contributed by atoms with van der Waals surface area (Å²) in [6.07, 6.45) is 0. The Labute approximate surface area is 122 Å². The molecule has 1 aliphatic carbocycles. The summed E-state index contributed by atoms with van der Waals surface area (Å²) in [5.74, 6) is -1.27. The molecule has 4 nitrogen and oxygen atoms in total. The normalized spacial score (nSPS) is 14.0. The van der Waals surface area contributed by atoms with Crippen LogP contribution in [0.5, 0.6) is 0 Å². The summed E-state index contributed by atoms with van der Waals surface area (Å²) in [6, 6.07) is 14.7. The molecule has 0 unspecified atom stereocenters. The van der Waals surface area contributed by atoms with Gasteiger partial charge in [0.05, 0.1) is 14.2 Å². The van der Waals surface area contributed by atoms with Gasteiger partial charge in [0.2, 0.25) is 5.41 Å². The zero-order valence-corrected chi connectivity index (χ0v) is 11.8. The third-order valence-corrected chi connectivity index (χ3v) is 3.94. The molecule has 3 rings (SSSR count). The minimum Gasteiger partial charge on any atom is -0.468 e. The van der Waals surface area contributed by atoms with E-state index in [1.807, 2.05) is 24.3 Å². The molecule has 2 aromatic rings. The summed E-state index contributed by atoms with van der Waals surface area (Å²) in [4.78, 5) is 25.1. The molecular formula is C17H14O4. The molecule has 2 aromatic carbocycles. The Bertz CT molecular complexity index is 670. The first-order chi connectivity index (χ1) is 10.2. The third-order valence-electron chi connectivity index (χ3n) is 3.94. The van der Waals surface area contributed by atoms with Crippen LogP contribution >= 0.6 is 0 Å². The van der Waals surface area contributed by atoms with Gasteiger partial charge in [-0.3, -0.25) is 9.59 Å². The van der Waals surface area contributed by atoms with Crippen molar-refractivity contribution in [3.63, 3.8) is 0 Å². The van der Waals surface area contributed by atoms with Crippen molar-refractivity contribution in [3.05, 3.63) is 59.7 Å². The van der Waals surface area contributed by atoms with Crippen LogP contribution in [0.15, 0.2) is 48.5 Å². The van der Waals surface area contributed by atoms with Crippen LogP contribution in [0.1, 0.15) is 11.1 Å². The van der Waals surface area contributed by atoms with Gasteiger partial charge in [-0.05, 0) is 22.3 Å². The molecule has 0 N–H and O–H groups in total. The van der Waals surface area contributed by atoms with Crippen LogP contribution in [-0.2, 0) is 24.5 Å². The minimum atomic E-state index is -1.54. The SMILES string of the molecule is COC(=O)C1(C(=O)OC)c2ccccc2-c2ccccc21. The first-order valence-electron chi connectivity index (χ1n) is 6.54. The maximum absolute atomic E-state index is 12.5. The first-order valence-corrected chi connectivity index (χ1v) is 6.54. The van der Waals surface area contributed by atoms with Gasteiger partial charge in [-0.1, -0.05) is 48.5 Å². The largest absolute Gasteiger partial charge is 0.468 e. The Morgan fingerprint density at radius 2 is 1.14 bits per heavy atom. The number of benzene rings is 2. The quantitative estimate of drug-likeness (QED) is 0.626. The highest BCUT2D eigenvalue weighted by Gasteiger charge is 2.57. The zero-order valence-electron chi connectivity index (χ0n) is 11.8. The Morgan fingerprint density at radius 3 is 1.52 bits per heavy atom. The molecule has 0 saturated carbocycles. The topological polar surface area (TPSA) is 52.6 Å². The Morgan fingerprint density at radius 1 is 0.762 bits per heavy atom. The van der Waals surface area contributed by atoms with Crippen LogP contribution in [-0.4, -0.2) is 26.2 Å².